The summed E-state index contributed by atoms with van der Waals surface area (Å²) >= 11 is 1.62. The third kappa shape index (κ3) is 3.93. The lowest BCUT2D eigenvalue weighted by atomic mass is 9.89. The Labute approximate surface area is 187 Å². The van der Waals surface area contributed by atoms with Crippen molar-refractivity contribution in [3.8, 4) is 5.69 Å². The SMILES string of the molecule is Cc1nnnn1-c1cccc(NC(=O)CCc2nc3sc4c(c3c(=O)[nH]2)CCC(C)C4)c1. The zero-order valence-electron chi connectivity index (χ0n) is 17.9. The van der Waals surface area contributed by atoms with Crippen molar-refractivity contribution >= 4 is 33.1 Å². The zero-order valence-corrected chi connectivity index (χ0v) is 18.7. The van der Waals surface area contributed by atoms with Gasteiger partial charge >= 0.3 is 0 Å². The first-order valence-corrected chi connectivity index (χ1v) is 11.5. The number of anilines is 1. The standard InChI is InChI=1S/C22H23N7O2S/c1-12-6-7-16-17(10-12)32-22-20(16)21(31)24-18(25-22)8-9-19(30)23-14-4-3-5-15(11-14)29-13(2)26-27-28-29/h3-5,11-12H,6-10H2,1-2H3,(H,23,30)(H,24,25,31). The van der Waals surface area contributed by atoms with Crippen LogP contribution in [0.15, 0.2) is 29.1 Å². The monoisotopic (exact) mass is 449 g/mol. The Morgan fingerprint density at radius 3 is 3.06 bits per heavy atom. The van der Waals surface area contributed by atoms with Gasteiger partial charge in [-0.25, -0.2) is 4.98 Å². The van der Waals surface area contributed by atoms with Crippen LogP contribution in [-0.4, -0.2) is 36.1 Å². The minimum absolute atomic E-state index is 0.0954. The van der Waals surface area contributed by atoms with Crippen molar-refractivity contribution in [3.63, 3.8) is 0 Å². The molecule has 0 aliphatic heterocycles. The van der Waals surface area contributed by atoms with Gasteiger partial charge in [-0.3, -0.25) is 9.59 Å². The van der Waals surface area contributed by atoms with Crippen LogP contribution in [0.3, 0.4) is 0 Å². The topological polar surface area (TPSA) is 118 Å². The molecule has 1 aliphatic carbocycles. The van der Waals surface area contributed by atoms with Gasteiger partial charge in [0.25, 0.3) is 5.56 Å². The Morgan fingerprint density at radius 2 is 2.25 bits per heavy atom. The first kappa shape index (κ1) is 20.5. The van der Waals surface area contributed by atoms with E-state index < -0.39 is 0 Å². The van der Waals surface area contributed by atoms with Crippen LogP contribution in [0.25, 0.3) is 15.9 Å². The molecule has 1 amide bonds. The molecule has 32 heavy (non-hydrogen) atoms. The molecule has 10 heteroatoms. The molecule has 2 N–H and O–H groups in total. The van der Waals surface area contributed by atoms with Crippen LogP contribution in [-0.2, 0) is 24.1 Å². The van der Waals surface area contributed by atoms with E-state index >= 15 is 0 Å². The van der Waals surface area contributed by atoms with Crippen LogP contribution in [0.5, 0.6) is 0 Å². The molecule has 4 aromatic rings. The van der Waals surface area contributed by atoms with Gasteiger partial charge in [-0.05, 0) is 66.3 Å². The fourth-order valence-electron chi connectivity index (χ4n) is 4.15. The molecule has 0 saturated carbocycles. The van der Waals surface area contributed by atoms with Gasteiger partial charge in [-0.15, -0.1) is 16.4 Å². The number of carbonyl (C=O) groups is 1. The fraction of sp³-hybridized carbons (Fsp3) is 0.364. The highest BCUT2D eigenvalue weighted by atomic mass is 32.1. The van der Waals surface area contributed by atoms with Gasteiger partial charge in [-0.1, -0.05) is 13.0 Å². The number of aromatic amines is 1. The molecule has 164 valence electrons. The Balaban J connectivity index is 1.28. The first-order valence-electron chi connectivity index (χ1n) is 10.7. The molecule has 0 fully saturated rings. The number of benzene rings is 1. The van der Waals surface area contributed by atoms with Crippen molar-refractivity contribution in [2.45, 2.75) is 46.0 Å². The summed E-state index contributed by atoms with van der Waals surface area (Å²) in [5.41, 5.74) is 2.48. The highest BCUT2D eigenvalue weighted by molar-refractivity contribution is 7.18. The normalized spacial score (nSPS) is 15.6. The first-order chi connectivity index (χ1) is 15.5. The summed E-state index contributed by atoms with van der Waals surface area (Å²) in [6.45, 7) is 4.05. The van der Waals surface area contributed by atoms with Crippen LogP contribution in [0.1, 0.15) is 41.9 Å². The van der Waals surface area contributed by atoms with Crippen LogP contribution in [0.4, 0.5) is 5.69 Å². The molecule has 5 rings (SSSR count). The average molecular weight is 450 g/mol. The van der Waals surface area contributed by atoms with Crippen molar-refractivity contribution in [2.24, 2.45) is 5.92 Å². The average Bonchev–Trinajstić information content (AvgIpc) is 3.35. The summed E-state index contributed by atoms with van der Waals surface area (Å²) in [6, 6.07) is 7.32. The second kappa shape index (κ2) is 8.27. The van der Waals surface area contributed by atoms with E-state index in [1.54, 1.807) is 22.9 Å². The van der Waals surface area contributed by atoms with Gasteiger partial charge in [-0.2, -0.15) is 4.68 Å². The predicted octanol–water partition coefficient (Wildman–Crippen LogP) is 2.96. The Hall–Kier alpha value is -3.40. The number of amides is 1. The molecular formula is C22H23N7O2S. The van der Waals surface area contributed by atoms with Crippen molar-refractivity contribution < 1.29 is 4.79 Å². The number of aryl methyl sites for hydroxylation is 3. The smallest absolute Gasteiger partial charge is 0.259 e. The number of thiophene rings is 1. The van der Waals surface area contributed by atoms with Crippen LogP contribution in [0.2, 0.25) is 0 Å². The molecule has 1 unspecified atom stereocenters. The molecule has 9 nitrogen and oxygen atoms in total. The number of hydrogen-bond acceptors (Lipinski definition) is 7. The highest BCUT2D eigenvalue weighted by Crippen LogP contribution is 2.35. The number of nitrogens with one attached hydrogen (secondary N) is 2. The Morgan fingerprint density at radius 1 is 1.38 bits per heavy atom. The summed E-state index contributed by atoms with van der Waals surface area (Å²) in [4.78, 5) is 34.9. The lowest BCUT2D eigenvalue weighted by molar-refractivity contribution is -0.116. The van der Waals surface area contributed by atoms with Gasteiger partial charge < -0.3 is 10.3 Å². The summed E-state index contributed by atoms with van der Waals surface area (Å²) in [5.74, 6) is 1.68. The second-order valence-corrected chi connectivity index (χ2v) is 9.36. The van der Waals surface area contributed by atoms with E-state index in [-0.39, 0.29) is 17.9 Å². The zero-order chi connectivity index (χ0) is 22.2. The van der Waals surface area contributed by atoms with E-state index in [4.69, 9.17) is 0 Å². The minimum atomic E-state index is -0.155. The number of nitrogens with zero attached hydrogens (tertiary/aromatic N) is 5. The number of carbonyl (C=O) groups excluding carboxylic acids is 1. The maximum Gasteiger partial charge on any atom is 0.259 e. The van der Waals surface area contributed by atoms with Crippen LogP contribution < -0.4 is 10.9 Å². The van der Waals surface area contributed by atoms with E-state index in [1.807, 2.05) is 24.3 Å². The summed E-state index contributed by atoms with van der Waals surface area (Å²) in [6.07, 6.45) is 3.63. The van der Waals surface area contributed by atoms with Crippen LogP contribution in [0, 0.1) is 12.8 Å². The van der Waals surface area contributed by atoms with Crippen LogP contribution >= 0.6 is 11.3 Å². The van der Waals surface area contributed by atoms with Gasteiger partial charge in [0.15, 0.2) is 5.82 Å². The highest BCUT2D eigenvalue weighted by Gasteiger charge is 2.23. The third-order valence-electron chi connectivity index (χ3n) is 5.80. The molecule has 0 saturated heterocycles. The molecule has 1 aliphatic rings. The molecule has 1 aromatic carbocycles. The number of hydrogen-bond donors (Lipinski definition) is 2. The maximum absolute atomic E-state index is 12.7. The molecule has 3 heterocycles. The Kier molecular flexibility index (Phi) is 5.30. The molecule has 1 atom stereocenters. The second-order valence-electron chi connectivity index (χ2n) is 8.28. The van der Waals surface area contributed by atoms with Gasteiger partial charge in [0, 0.05) is 23.4 Å². The molecule has 0 spiro atoms. The van der Waals surface area contributed by atoms with Gasteiger partial charge in [0.05, 0.1) is 11.1 Å². The van der Waals surface area contributed by atoms with Crippen molar-refractivity contribution in [2.75, 3.05) is 5.32 Å². The molecular weight excluding hydrogens is 426 g/mol. The number of fused-ring (bicyclic) bond motifs is 3. The molecule has 3 aromatic heterocycles. The van der Waals surface area contributed by atoms with Crippen molar-refractivity contribution in [1.29, 1.82) is 0 Å². The largest absolute Gasteiger partial charge is 0.326 e. The summed E-state index contributed by atoms with van der Waals surface area (Å²) < 4.78 is 1.60. The summed E-state index contributed by atoms with van der Waals surface area (Å²) in [7, 11) is 0. The maximum atomic E-state index is 12.7. The quantitative estimate of drug-likeness (QED) is 0.484. The van der Waals surface area contributed by atoms with E-state index in [0.717, 1.165) is 35.2 Å². The number of rotatable bonds is 5. The van der Waals surface area contributed by atoms with Crippen molar-refractivity contribution in [1.82, 2.24) is 30.2 Å². The minimum Gasteiger partial charge on any atom is -0.326 e. The third-order valence-corrected chi connectivity index (χ3v) is 6.95. The summed E-state index contributed by atoms with van der Waals surface area (Å²) in [5, 5.41) is 15.1. The van der Waals surface area contributed by atoms with Gasteiger partial charge in [0.1, 0.15) is 10.7 Å². The number of H-pyrrole nitrogens is 1. The van der Waals surface area contributed by atoms with E-state index in [9.17, 15) is 9.59 Å². The van der Waals surface area contributed by atoms with Gasteiger partial charge in [0.2, 0.25) is 5.91 Å². The number of aromatic nitrogens is 6. The van der Waals surface area contributed by atoms with Crippen molar-refractivity contribution in [3.05, 3.63) is 56.7 Å². The number of tetrazole rings is 1. The van der Waals surface area contributed by atoms with E-state index in [0.29, 0.717) is 29.7 Å². The lowest BCUT2D eigenvalue weighted by Crippen LogP contribution is -2.17. The lowest BCUT2D eigenvalue weighted by Gasteiger charge is -2.17. The Bertz CT molecular complexity index is 1370. The molecule has 0 radical (unpaired) electrons. The molecule has 0 bridgehead atoms. The predicted molar refractivity (Wildman–Crippen MR) is 122 cm³/mol. The van der Waals surface area contributed by atoms with E-state index in [1.165, 1.54) is 10.4 Å². The van der Waals surface area contributed by atoms with E-state index in [2.05, 4.69) is 37.7 Å². The fourth-order valence-corrected chi connectivity index (χ4v) is 5.56.